The van der Waals surface area contributed by atoms with Crippen LogP contribution in [0.3, 0.4) is 0 Å². The van der Waals surface area contributed by atoms with Crippen LogP contribution < -0.4 is 0 Å². The van der Waals surface area contributed by atoms with Crippen LogP contribution in [0, 0.1) is 0 Å². The summed E-state index contributed by atoms with van der Waals surface area (Å²) in [7, 11) is 0. The number of nitrogens with zero attached hydrogens (tertiary/aromatic N) is 1. The van der Waals surface area contributed by atoms with E-state index in [0.29, 0.717) is 5.56 Å². The highest BCUT2D eigenvalue weighted by Crippen LogP contribution is 2.40. The van der Waals surface area contributed by atoms with Crippen molar-refractivity contribution in [3.63, 3.8) is 0 Å². The Morgan fingerprint density at radius 3 is 2.07 bits per heavy atom. The minimum Gasteiger partial charge on any atom is -0.475 e. The summed E-state index contributed by atoms with van der Waals surface area (Å²) in [6.45, 7) is 0. The molecule has 0 aliphatic rings. The summed E-state index contributed by atoms with van der Waals surface area (Å²) in [5.41, 5.74) is 4.09. The Bertz CT molecular complexity index is 1160. The molecule has 4 aromatic rings. The third-order valence-electron chi connectivity index (χ3n) is 4.45. The predicted octanol–water partition coefficient (Wildman–Crippen LogP) is 5.30. The number of carboxylic acid groups (broad SMARTS) is 1. The van der Waals surface area contributed by atoms with E-state index < -0.39 is 11.8 Å². The number of aliphatic carboxylic acids is 1. The number of benzene rings is 2. The Morgan fingerprint density at radius 2 is 1.41 bits per heavy atom. The number of rotatable bonds is 4. The normalized spacial score (nSPS) is 10.9. The molecule has 2 aromatic carbocycles. The number of halogens is 1. The molecule has 5 heteroatoms. The molecule has 0 aliphatic heterocycles. The maximum atomic E-state index is 12.6. The maximum Gasteiger partial charge on any atom is 0.378 e. The molecule has 0 atom stereocenters. The largest absolute Gasteiger partial charge is 0.475 e. The molecule has 0 fully saturated rings. The van der Waals surface area contributed by atoms with Crippen molar-refractivity contribution in [2.24, 2.45) is 0 Å². The van der Waals surface area contributed by atoms with Gasteiger partial charge in [0.15, 0.2) is 0 Å². The van der Waals surface area contributed by atoms with Gasteiger partial charge in [0.05, 0.1) is 5.52 Å². The molecule has 0 saturated carbocycles. The molecule has 132 valence electrons. The van der Waals surface area contributed by atoms with Crippen molar-refractivity contribution in [2.75, 3.05) is 0 Å². The van der Waals surface area contributed by atoms with E-state index in [4.69, 9.17) is 0 Å². The van der Waals surface area contributed by atoms with Gasteiger partial charge in [-0.15, -0.1) is 0 Å². The van der Waals surface area contributed by atoms with Gasteiger partial charge in [-0.25, -0.2) is 4.79 Å². The van der Waals surface area contributed by atoms with E-state index >= 15 is 0 Å². The lowest BCUT2D eigenvalue weighted by Gasteiger charge is -2.08. The van der Waals surface area contributed by atoms with Crippen molar-refractivity contribution < 1.29 is 14.7 Å². The fourth-order valence-electron chi connectivity index (χ4n) is 3.33. The van der Waals surface area contributed by atoms with Crippen LogP contribution in [-0.2, 0) is 4.79 Å². The van der Waals surface area contributed by atoms with Gasteiger partial charge in [-0.1, -0.05) is 64.5 Å². The maximum absolute atomic E-state index is 12.6. The monoisotopic (exact) mass is 419 g/mol. The van der Waals surface area contributed by atoms with E-state index in [1.807, 2.05) is 66.7 Å². The zero-order chi connectivity index (χ0) is 19.0. The SMILES string of the molecule is O=C(O)C(=O)c1c(-c2ccc(Br)cc2)c(-c2ccccc2)c2ccccn12. The molecule has 0 radical (unpaired) electrons. The van der Waals surface area contributed by atoms with Crippen molar-refractivity contribution in [3.05, 3.63) is 89.2 Å². The second kappa shape index (κ2) is 6.85. The Kier molecular flexibility index (Phi) is 4.38. The third-order valence-corrected chi connectivity index (χ3v) is 4.98. The summed E-state index contributed by atoms with van der Waals surface area (Å²) in [5, 5.41) is 9.42. The Morgan fingerprint density at radius 1 is 0.778 bits per heavy atom. The van der Waals surface area contributed by atoms with Crippen molar-refractivity contribution in [1.82, 2.24) is 4.40 Å². The minimum absolute atomic E-state index is 0.152. The number of carbonyl (C=O) groups excluding carboxylic acids is 1. The molecule has 0 spiro atoms. The highest BCUT2D eigenvalue weighted by atomic mass is 79.9. The Balaban J connectivity index is 2.17. The van der Waals surface area contributed by atoms with E-state index in [-0.39, 0.29) is 5.69 Å². The quantitative estimate of drug-likeness (QED) is 0.360. The van der Waals surface area contributed by atoms with Crippen molar-refractivity contribution in [1.29, 1.82) is 0 Å². The lowest BCUT2D eigenvalue weighted by Crippen LogP contribution is -2.16. The summed E-state index contributed by atoms with van der Waals surface area (Å²) in [5.74, 6) is -2.41. The van der Waals surface area contributed by atoms with Crippen LogP contribution >= 0.6 is 15.9 Å². The van der Waals surface area contributed by atoms with Gasteiger partial charge in [0.1, 0.15) is 5.69 Å². The summed E-state index contributed by atoms with van der Waals surface area (Å²) in [4.78, 5) is 24.2. The number of aromatic nitrogens is 1. The van der Waals surface area contributed by atoms with Gasteiger partial charge in [0.25, 0.3) is 5.78 Å². The number of hydrogen-bond acceptors (Lipinski definition) is 2. The second-order valence-corrected chi connectivity index (χ2v) is 6.98. The molecule has 4 rings (SSSR count). The van der Waals surface area contributed by atoms with Crippen molar-refractivity contribution >= 4 is 33.2 Å². The molecule has 0 aliphatic carbocycles. The highest BCUT2D eigenvalue weighted by molar-refractivity contribution is 9.10. The lowest BCUT2D eigenvalue weighted by molar-refractivity contribution is -0.131. The van der Waals surface area contributed by atoms with Crippen LogP contribution in [0.25, 0.3) is 27.8 Å². The van der Waals surface area contributed by atoms with E-state index in [1.165, 1.54) is 0 Å². The number of fused-ring (bicyclic) bond motifs is 1. The molecule has 1 N–H and O–H groups in total. The van der Waals surface area contributed by atoms with Gasteiger partial charge in [-0.3, -0.25) is 4.79 Å². The zero-order valence-corrected chi connectivity index (χ0v) is 15.7. The first-order chi connectivity index (χ1) is 13.1. The molecule has 0 amide bonds. The predicted molar refractivity (Wildman–Crippen MR) is 108 cm³/mol. The summed E-state index contributed by atoms with van der Waals surface area (Å²) in [6.07, 6.45) is 1.72. The van der Waals surface area contributed by atoms with Gasteiger partial charge in [0.2, 0.25) is 0 Å². The first kappa shape index (κ1) is 17.2. The molecular formula is C22H14BrNO3. The molecule has 0 bridgehead atoms. The number of Topliss-reactive ketones (excluding diaryl/α,β-unsaturated/α-hetero) is 1. The summed E-state index contributed by atoms with van der Waals surface area (Å²) < 4.78 is 2.57. The van der Waals surface area contributed by atoms with Gasteiger partial charge < -0.3 is 9.51 Å². The number of hydrogen-bond donors (Lipinski definition) is 1. The minimum atomic E-state index is -1.48. The highest BCUT2D eigenvalue weighted by Gasteiger charge is 2.28. The fourth-order valence-corrected chi connectivity index (χ4v) is 3.59. The smallest absolute Gasteiger partial charge is 0.378 e. The molecular weight excluding hydrogens is 406 g/mol. The number of carboxylic acids is 1. The van der Waals surface area contributed by atoms with E-state index in [0.717, 1.165) is 26.7 Å². The third kappa shape index (κ3) is 2.96. The van der Waals surface area contributed by atoms with Gasteiger partial charge in [-0.2, -0.15) is 0 Å². The Labute approximate surface area is 163 Å². The first-order valence-corrected chi connectivity index (χ1v) is 9.09. The van der Waals surface area contributed by atoms with Crippen LogP contribution in [0.4, 0.5) is 0 Å². The van der Waals surface area contributed by atoms with Gasteiger partial charge in [-0.05, 0) is 35.4 Å². The first-order valence-electron chi connectivity index (χ1n) is 8.30. The van der Waals surface area contributed by atoms with E-state index in [9.17, 15) is 14.7 Å². The summed E-state index contributed by atoms with van der Waals surface area (Å²) in [6, 6.07) is 22.7. The molecule has 0 saturated heterocycles. The average Bonchev–Trinajstić information content (AvgIpc) is 3.03. The molecule has 4 nitrogen and oxygen atoms in total. The van der Waals surface area contributed by atoms with E-state index in [1.54, 1.807) is 16.7 Å². The van der Waals surface area contributed by atoms with Gasteiger partial charge >= 0.3 is 5.97 Å². The fraction of sp³-hybridized carbons (Fsp3) is 0. The van der Waals surface area contributed by atoms with Crippen LogP contribution in [-0.4, -0.2) is 21.3 Å². The average molecular weight is 420 g/mol. The topological polar surface area (TPSA) is 58.8 Å². The number of carbonyl (C=O) groups is 2. The zero-order valence-electron chi connectivity index (χ0n) is 14.1. The Hall–Kier alpha value is -3.18. The van der Waals surface area contributed by atoms with Crippen LogP contribution in [0.15, 0.2) is 83.5 Å². The van der Waals surface area contributed by atoms with Crippen LogP contribution in [0.2, 0.25) is 0 Å². The standard InChI is InChI=1S/C22H14BrNO3/c23-16-11-9-15(10-12-16)19-18(14-6-2-1-3-7-14)17-8-4-5-13-24(17)20(19)21(25)22(26)27/h1-13H,(H,26,27). The second-order valence-electron chi connectivity index (χ2n) is 6.06. The number of ketones is 1. The van der Waals surface area contributed by atoms with Gasteiger partial charge in [0, 0.05) is 21.8 Å². The molecule has 2 heterocycles. The lowest BCUT2D eigenvalue weighted by atomic mass is 9.94. The van der Waals surface area contributed by atoms with E-state index in [2.05, 4.69) is 15.9 Å². The van der Waals surface area contributed by atoms with Crippen LogP contribution in [0.5, 0.6) is 0 Å². The molecule has 0 unspecified atom stereocenters. The molecule has 27 heavy (non-hydrogen) atoms. The van der Waals surface area contributed by atoms with Crippen LogP contribution in [0.1, 0.15) is 10.5 Å². The summed E-state index contributed by atoms with van der Waals surface area (Å²) >= 11 is 3.42. The number of pyridine rings is 1. The molecule has 2 aromatic heterocycles. The van der Waals surface area contributed by atoms with Crippen molar-refractivity contribution in [2.45, 2.75) is 0 Å². The van der Waals surface area contributed by atoms with Crippen molar-refractivity contribution in [3.8, 4) is 22.3 Å².